The number of aliphatic carboxylic acids is 1. The summed E-state index contributed by atoms with van der Waals surface area (Å²) in [4.78, 5) is 24.4. The molecule has 1 aromatic carbocycles. The number of carbonyl (C=O) groups is 2. The number of hydrogen-bond acceptors (Lipinski definition) is 4. The molecule has 7 heteroatoms. The number of benzene rings is 1. The van der Waals surface area contributed by atoms with Gasteiger partial charge >= 0.3 is 5.97 Å². The number of halogens is 1. The second kappa shape index (κ2) is 5.46. The number of rotatable bonds is 2. The quantitative estimate of drug-likeness (QED) is 0.845. The number of phenolic OH excluding ortho intramolecular Hbond substituents is 1. The number of nitrogens with zero attached hydrogens (tertiary/aromatic N) is 1. The summed E-state index contributed by atoms with van der Waals surface area (Å²) in [5.41, 5.74) is 0.0930. The van der Waals surface area contributed by atoms with Crippen molar-refractivity contribution in [2.45, 2.75) is 6.10 Å². The maximum atomic E-state index is 12.2. The summed E-state index contributed by atoms with van der Waals surface area (Å²) in [6.45, 7) is 0.387. The van der Waals surface area contributed by atoms with Crippen LogP contribution in [0.15, 0.2) is 18.2 Å². The van der Waals surface area contributed by atoms with Crippen LogP contribution < -0.4 is 0 Å². The first-order valence-electron chi connectivity index (χ1n) is 5.61. The SMILES string of the molecule is O=C(O)C1CN(C(=O)c2ccc(Cl)cc2O)CCO1. The number of carboxylic acids is 1. The molecule has 1 heterocycles. The van der Waals surface area contributed by atoms with E-state index in [0.717, 1.165) is 0 Å². The lowest BCUT2D eigenvalue weighted by Crippen LogP contribution is -2.48. The highest BCUT2D eigenvalue weighted by Crippen LogP contribution is 2.24. The zero-order valence-electron chi connectivity index (χ0n) is 9.88. The van der Waals surface area contributed by atoms with E-state index in [2.05, 4.69) is 0 Å². The van der Waals surface area contributed by atoms with Crippen LogP contribution in [0.5, 0.6) is 5.75 Å². The first kappa shape index (κ1) is 13.6. The summed E-state index contributed by atoms with van der Waals surface area (Å²) in [6.07, 6.45) is -1.04. The topological polar surface area (TPSA) is 87.1 Å². The van der Waals surface area contributed by atoms with Crippen LogP contribution in [0, 0.1) is 0 Å². The van der Waals surface area contributed by atoms with Gasteiger partial charge in [-0.25, -0.2) is 4.79 Å². The monoisotopic (exact) mass is 285 g/mol. The van der Waals surface area contributed by atoms with Gasteiger partial charge in [0, 0.05) is 11.6 Å². The van der Waals surface area contributed by atoms with Gasteiger partial charge in [-0.1, -0.05) is 11.6 Å². The van der Waals surface area contributed by atoms with Crippen molar-refractivity contribution in [2.75, 3.05) is 19.7 Å². The van der Waals surface area contributed by atoms with Gasteiger partial charge in [-0.3, -0.25) is 4.79 Å². The third-order valence-corrected chi connectivity index (χ3v) is 3.05. The molecule has 2 rings (SSSR count). The summed E-state index contributed by atoms with van der Waals surface area (Å²) < 4.78 is 5.03. The van der Waals surface area contributed by atoms with Crippen molar-refractivity contribution in [3.63, 3.8) is 0 Å². The van der Waals surface area contributed by atoms with E-state index in [1.165, 1.54) is 23.1 Å². The van der Waals surface area contributed by atoms with Crippen molar-refractivity contribution in [1.82, 2.24) is 4.90 Å². The lowest BCUT2D eigenvalue weighted by molar-refractivity contribution is -0.154. The highest BCUT2D eigenvalue weighted by molar-refractivity contribution is 6.30. The molecule has 0 spiro atoms. The molecule has 0 aromatic heterocycles. The van der Waals surface area contributed by atoms with E-state index in [-0.39, 0.29) is 31.0 Å². The smallest absolute Gasteiger partial charge is 0.334 e. The number of ether oxygens (including phenoxy) is 1. The van der Waals surface area contributed by atoms with Crippen molar-refractivity contribution in [2.24, 2.45) is 0 Å². The Morgan fingerprint density at radius 2 is 2.16 bits per heavy atom. The zero-order chi connectivity index (χ0) is 14.0. The van der Waals surface area contributed by atoms with Crippen LogP contribution in [0.25, 0.3) is 0 Å². The van der Waals surface area contributed by atoms with Gasteiger partial charge < -0.3 is 19.8 Å². The zero-order valence-corrected chi connectivity index (χ0v) is 10.6. The molecule has 102 valence electrons. The van der Waals surface area contributed by atoms with Gasteiger partial charge in [-0.05, 0) is 18.2 Å². The Kier molecular flexibility index (Phi) is 3.92. The second-order valence-corrected chi connectivity index (χ2v) is 4.55. The van der Waals surface area contributed by atoms with E-state index < -0.39 is 18.0 Å². The van der Waals surface area contributed by atoms with Gasteiger partial charge in [0.15, 0.2) is 6.10 Å². The fourth-order valence-corrected chi connectivity index (χ4v) is 2.01. The number of aromatic hydroxyl groups is 1. The van der Waals surface area contributed by atoms with Crippen LogP contribution >= 0.6 is 11.6 Å². The minimum absolute atomic E-state index is 0.0454. The molecule has 1 fully saturated rings. The fourth-order valence-electron chi connectivity index (χ4n) is 1.84. The van der Waals surface area contributed by atoms with Crippen LogP contribution in [-0.2, 0) is 9.53 Å². The molecule has 2 N–H and O–H groups in total. The maximum Gasteiger partial charge on any atom is 0.334 e. The maximum absolute atomic E-state index is 12.2. The number of hydrogen-bond donors (Lipinski definition) is 2. The van der Waals surface area contributed by atoms with Crippen molar-refractivity contribution in [1.29, 1.82) is 0 Å². The number of morpholine rings is 1. The number of amides is 1. The Morgan fingerprint density at radius 3 is 2.79 bits per heavy atom. The molecule has 0 aliphatic carbocycles. The third-order valence-electron chi connectivity index (χ3n) is 2.82. The number of phenols is 1. The molecule has 19 heavy (non-hydrogen) atoms. The Hall–Kier alpha value is -1.79. The van der Waals surface area contributed by atoms with Gasteiger partial charge in [0.25, 0.3) is 5.91 Å². The highest BCUT2D eigenvalue weighted by Gasteiger charge is 2.30. The molecule has 1 amide bonds. The van der Waals surface area contributed by atoms with E-state index in [0.29, 0.717) is 5.02 Å². The van der Waals surface area contributed by atoms with Gasteiger partial charge in [0.1, 0.15) is 5.75 Å². The molecule has 0 saturated carbocycles. The van der Waals surface area contributed by atoms with Crippen LogP contribution in [0.2, 0.25) is 5.02 Å². The minimum Gasteiger partial charge on any atom is -0.507 e. The molecule has 0 radical (unpaired) electrons. The van der Waals surface area contributed by atoms with E-state index in [9.17, 15) is 14.7 Å². The van der Waals surface area contributed by atoms with Crippen LogP contribution in [-0.4, -0.2) is 52.8 Å². The molecule has 0 bridgehead atoms. The molecular formula is C12H12ClNO5. The van der Waals surface area contributed by atoms with Crippen LogP contribution in [0.1, 0.15) is 10.4 Å². The Morgan fingerprint density at radius 1 is 1.42 bits per heavy atom. The number of carboxylic acid groups (broad SMARTS) is 1. The lowest BCUT2D eigenvalue weighted by atomic mass is 10.1. The summed E-state index contributed by atoms with van der Waals surface area (Å²) in [5.74, 6) is -1.78. The standard InChI is InChI=1S/C12H12ClNO5/c13-7-1-2-8(9(15)5-7)11(16)14-3-4-19-10(6-14)12(17)18/h1-2,5,10,15H,3-4,6H2,(H,17,18). The van der Waals surface area contributed by atoms with Crippen molar-refractivity contribution < 1.29 is 24.5 Å². The van der Waals surface area contributed by atoms with Crippen LogP contribution in [0.4, 0.5) is 0 Å². The van der Waals surface area contributed by atoms with Crippen LogP contribution in [0.3, 0.4) is 0 Å². The van der Waals surface area contributed by atoms with E-state index in [4.69, 9.17) is 21.4 Å². The summed E-state index contributed by atoms with van der Waals surface area (Å²) in [7, 11) is 0. The molecule has 1 unspecified atom stereocenters. The molecule has 1 aliphatic rings. The lowest BCUT2D eigenvalue weighted by Gasteiger charge is -2.31. The first-order valence-corrected chi connectivity index (χ1v) is 5.99. The second-order valence-electron chi connectivity index (χ2n) is 4.11. The van der Waals surface area contributed by atoms with Crippen molar-refractivity contribution in [3.05, 3.63) is 28.8 Å². The van der Waals surface area contributed by atoms with Crippen molar-refractivity contribution >= 4 is 23.5 Å². The fraction of sp³-hybridized carbons (Fsp3) is 0.333. The molecule has 1 atom stereocenters. The molecular weight excluding hydrogens is 274 g/mol. The summed E-state index contributed by atoms with van der Waals surface area (Å²) >= 11 is 5.69. The van der Waals surface area contributed by atoms with E-state index in [1.807, 2.05) is 0 Å². The van der Waals surface area contributed by atoms with E-state index in [1.54, 1.807) is 0 Å². The Bertz CT molecular complexity index is 519. The Labute approximate surface area is 114 Å². The molecule has 1 aromatic rings. The average Bonchev–Trinajstić information content (AvgIpc) is 2.38. The minimum atomic E-state index is -1.11. The first-order chi connectivity index (χ1) is 8.99. The average molecular weight is 286 g/mol. The van der Waals surface area contributed by atoms with Gasteiger partial charge in [-0.15, -0.1) is 0 Å². The third kappa shape index (κ3) is 2.97. The predicted octanol–water partition coefficient (Wildman–Crippen LogP) is 0.971. The highest BCUT2D eigenvalue weighted by atomic mass is 35.5. The van der Waals surface area contributed by atoms with Crippen molar-refractivity contribution in [3.8, 4) is 5.75 Å². The summed E-state index contributed by atoms with van der Waals surface area (Å²) in [6, 6.07) is 4.17. The predicted molar refractivity (Wildman–Crippen MR) is 66.4 cm³/mol. The van der Waals surface area contributed by atoms with E-state index >= 15 is 0 Å². The number of carbonyl (C=O) groups excluding carboxylic acids is 1. The Balaban J connectivity index is 2.17. The normalized spacial score (nSPS) is 19.2. The van der Waals surface area contributed by atoms with Gasteiger partial charge in [0.05, 0.1) is 18.7 Å². The molecule has 1 saturated heterocycles. The summed E-state index contributed by atoms with van der Waals surface area (Å²) in [5, 5.41) is 18.9. The molecule has 1 aliphatic heterocycles. The largest absolute Gasteiger partial charge is 0.507 e. The molecule has 6 nitrogen and oxygen atoms in total. The van der Waals surface area contributed by atoms with Gasteiger partial charge in [0.2, 0.25) is 0 Å². The van der Waals surface area contributed by atoms with Gasteiger partial charge in [-0.2, -0.15) is 0 Å².